The molecule has 1 aromatic heterocycles. The molecule has 0 N–H and O–H groups in total. The number of nitrogens with zero attached hydrogens (tertiary/aromatic N) is 1. The molecule has 3 aromatic rings. The normalized spacial score (nSPS) is 11.1. The number of hydrogen-bond donors (Lipinski definition) is 0. The first-order valence-corrected chi connectivity index (χ1v) is 10.2. The van der Waals surface area contributed by atoms with Gasteiger partial charge in [0.2, 0.25) is 0 Å². The van der Waals surface area contributed by atoms with Crippen LogP contribution in [0, 0.1) is 6.92 Å². The van der Waals surface area contributed by atoms with Gasteiger partial charge in [-0.2, -0.15) is 0 Å². The fourth-order valence-electron chi connectivity index (χ4n) is 3.04. The number of aryl methyl sites for hydroxylation is 2. The van der Waals surface area contributed by atoms with Crippen LogP contribution >= 0.6 is 15.9 Å². The summed E-state index contributed by atoms with van der Waals surface area (Å²) in [6, 6.07) is 19.7. The second kappa shape index (κ2) is 9.56. The smallest absolute Gasteiger partial charge is 0.251 e. The second-order valence-electron chi connectivity index (χ2n) is 6.60. The summed E-state index contributed by atoms with van der Waals surface area (Å²) >= 11 is 3.60. The number of rotatable bonds is 7. The quantitative estimate of drug-likeness (QED) is 0.472. The largest absolute Gasteiger partial charge is 0.493 e. The molecule has 28 heavy (non-hydrogen) atoms. The minimum Gasteiger partial charge on any atom is -0.493 e. The Hall–Kier alpha value is -2.59. The average molecular weight is 438 g/mol. The predicted molar refractivity (Wildman–Crippen MR) is 120 cm³/mol. The van der Waals surface area contributed by atoms with Gasteiger partial charge in [0, 0.05) is 22.6 Å². The summed E-state index contributed by atoms with van der Waals surface area (Å²) in [5, 5.41) is 0. The summed E-state index contributed by atoms with van der Waals surface area (Å²) < 4.78 is 8.39. The summed E-state index contributed by atoms with van der Waals surface area (Å²) in [4.78, 5) is 12.5. The highest BCUT2D eigenvalue weighted by atomic mass is 79.9. The summed E-state index contributed by atoms with van der Waals surface area (Å²) in [7, 11) is 0. The SMILES string of the molecule is CCOc1ccccc1/C=C/c1c(Br)ccc(=O)n1CCc1ccc(C)cc1. The third-order valence-electron chi connectivity index (χ3n) is 4.56. The third-order valence-corrected chi connectivity index (χ3v) is 5.23. The molecule has 0 fully saturated rings. The van der Waals surface area contributed by atoms with Crippen molar-refractivity contribution in [1.82, 2.24) is 4.57 Å². The van der Waals surface area contributed by atoms with Crippen LogP contribution < -0.4 is 10.3 Å². The van der Waals surface area contributed by atoms with Gasteiger partial charge < -0.3 is 9.30 Å². The van der Waals surface area contributed by atoms with Crippen molar-refractivity contribution in [1.29, 1.82) is 0 Å². The molecule has 3 rings (SSSR count). The highest BCUT2D eigenvalue weighted by molar-refractivity contribution is 9.10. The lowest BCUT2D eigenvalue weighted by Crippen LogP contribution is -2.22. The molecule has 3 nitrogen and oxygen atoms in total. The summed E-state index contributed by atoms with van der Waals surface area (Å²) in [6.07, 6.45) is 4.76. The Morgan fingerprint density at radius 2 is 1.75 bits per heavy atom. The number of hydrogen-bond acceptors (Lipinski definition) is 2. The summed E-state index contributed by atoms with van der Waals surface area (Å²) in [5.74, 6) is 0.835. The van der Waals surface area contributed by atoms with Crippen LogP contribution in [0.2, 0.25) is 0 Å². The van der Waals surface area contributed by atoms with Crippen LogP contribution in [0.1, 0.15) is 29.3 Å². The molecule has 4 heteroatoms. The topological polar surface area (TPSA) is 31.2 Å². The van der Waals surface area contributed by atoms with Crippen LogP contribution in [-0.2, 0) is 13.0 Å². The highest BCUT2D eigenvalue weighted by Crippen LogP contribution is 2.23. The van der Waals surface area contributed by atoms with Gasteiger partial charge >= 0.3 is 0 Å². The zero-order valence-electron chi connectivity index (χ0n) is 16.2. The van der Waals surface area contributed by atoms with Crippen LogP contribution in [0.15, 0.2) is 69.9 Å². The lowest BCUT2D eigenvalue weighted by molar-refractivity contribution is 0.339. The van der Waals surface area contributed by atoms with E-state index >= 15 is 0 Å². The molecule has 0 radical (unpaired) electrons. The molecule has 0 saturated carbocycles. The van der Waals surface area contributed by atoms with Gasteiger partial charge in [-0.15, -0.1) is 0 Å². The standard InChI is InChI=1S/C24H24BrNO2/c1-3-28-23-7-5-4-6-20(23)12-14-22-21(25)13-15-24(27)26(22)17-16-19-10-8-18(2)9-11-19/h4-15H,3,16-17H2,1-2H3/b14-12+. The lowest BCUT2D eigenvalue weighted by Gasteiger charge is -2.12. The van der Waals surface area contributed by atoms with Gasteiger partial charge in [-0.05, 0) is 66.0 Å². The van der Waals surface area contributed by atoms with E-state index in [-0.39, 0.29) is 5.56 Å². The fraction of sp³-hybridized carbons (Fsp3) is 0.208. The van der Waals surface area contributed by atoms with Crippen LogP contribution in [-0.4, -0.2) is 11.2 Å². The van der Waals surface area contributed by atoms with Gasteiger partial charge in [-0.25, -0.2) is 0 Å². The highest BCUT2D eigenvalue weighted by Gasteiger charge is 2.07. The van der Waals surface area contributed by atoms with E-state index in [1.807, 2.05) is 47.9 Å². The minimum atomic E-state index is -0.00643. The van der Waals surface area contributed by atoms with E-state index in [0.29, 0.717) is 13.2 Å². The second-order valence-corrected chi connectivity index (χ2v) is 7.45. The lowest BCUT2D eigenvalue weighted by atomic mass is 10.1. The molecule has 0 unspecified atom stereocenters. The van der Waals surface area contributed by atoms with Crippen molar-refractivity contribution in [3.05, 3.63) is 97.9 Å². The number of halogens is 1. The molecule has 0 saturated heterocycles. The maximum Gasteiger partial charge on any atom is 0.251 e. The molecule has 0 spiro atoms. The predicted octanol–water partition coefficient (Wildman–Crippen LogP) is 5.73. The van der Waals surface area contributed by atoms with Gasteiger partial charge in [0.15, 0.2) is 0 Å². The molecular weight excluding hydrogens is 414 g/mol. The Balaban J connectivity index is 1.90. The number of pyridine rings is 1. The van der Waals surface area contributed by atoms with Crippen molar-refractivity contribution < 1.29 is 4.74 Å². The van der Waals surface area contributed by atoms with Crippen LogP contribution in [0.5, 0.6) is 5.75 Å². The Bertz CT molecular complexity index is 1020. The van der Waals surface area contributed by atoms with E-state index in [1.54, 1.807) is 12.1 Å². The molecule has 144 valence electrons. The molecule has 0 aliphatic rings. The van der Waals surface area contributed by atoms with Crippen molar-refractivity contribution >= 4 is 28.1 Å². The first-order valence-electron chi connectivity index (χ1n) is 9.43. The van der Waals surface area contributed by atoms with Gasteiger partial charge in [0.25, 0.3) is 5.56 Å². The van der Waals surface area contributed by atoms with Gasteiger partial charge in [0.05, 0.1) is 12.3 Å². The average Bonchev–Trinajstić information content (AvgIpc) is 2.70. The van der Waals surface area contributed by atoms with Crippen LogP contribution in [0.3, 0.4) is 0 Å². The maximum absolute atomic E-state index is 12.5. The van der Waals surface area contributed by atoms with E-state index in [9.17, 15) is 4.79 Å². The fourth-order valence-corrected chi connectivity index (χ4v) is 3.52. The molecule has 0 bridgehead atoms. The number of benzene rings is 2. The van der Waals surface area contributed by atoms with Crippen molar-refractivity contribution in [2.24, 2.45) is 0 Å². The van der Waals surface area contributed by atoms with Crippen LogP contribution in [0.25, 0.3) is 12.2 Å². The van der Waals surface area contributed by atoms with Gasteiger partial charge in [-0.1, -0.05) is 48.0 Å². The minimum absolute atomic E-state index is 0.00643. The number of aromatic nitrogens is 1. The molecule has 1 heterocycles. The Kier molecular flexibility index (Phi) is 6.88. The summed E-state index contributed by atoms with van der Waals surface area (Å²) in [5.41, 5.74) is 4.28. The van der Waals surface area contributed by atoms with Gasteiger partial charge in [0.1, 0.15) is 5.75 Å². The Morgan fingerprint density at radius 1 is 1.00 bits per heavy atom. The Morgan fingerprint density at radius 3 is 2.50 bits per heavy atom. The van der Waals surface area contributed by atoms with Gasteiger partial charge in [-0.3, -0.25) is 4.79 Å². The van der Waals surface area contributed by atoms with E-state index in [4.69, 9.17) is 4.74 Å². The van der Waals surface area contributed by atoms with Crippen molar-refractivity contribution in [3.63, 3.8) is 0 Å². The summed E-state index contributed by atoms with van der Waals surface area (Å²) in [6.45, 7) is 5.28. The van der Waals surface area contributed by atoms with E-state index in [2.05, 4.69) is 47.1 Å². The van der Waals surface area contributed by atoms with Crippen molar-refractivity contribution in [2.45, 2.75) is 26.8 Å². The van der Waals surface area contributed by atoms with E-state index < -0.39 is 0 Å². The van der Waals surface area contributed by atoms with E-state index in [0.717, 1.165) is 27.9 Å². The maximum atomic E-state index is 12.5. The molecule has 2 aromatic carbocycles. The zero-order valence-corrected chi connectivity index (χ0v) is 17.8. The number of ether oxygens (including phenoxy) is 1. The number of para-hydroxylation sites is 1. The van der Waals surface area contributed by atoms with Crippen molar-refractivity contribution in [2.75, 3.05) is 6.61 Å². The van der Waals surface area contributed by atoms with Crippen LogP contribution in [0.4, 0.5) is 0 Å². The first kappa shape index (κ1) is 20.2. The third kappa shape index (κ3) is 5.02. The Labute approximate surface area is 174 Å². The molecule has 0 amide bonds. The van der Waals surface area contributed by atoms with Crippen molar-refractivity contribution in [3.8, 4) is 5.75 Å². The molecule has 0 aliphatic carbocycles. The molecule has 0 aliphatic heterocycles. The monoisotopic (exact) mass is 437 g/mol. The zero-order chi connectivity index (χ0) is 19.9. The first-order chi connectivity index (χ1) is 13.6. The van der Waals surface area contributed by atoms with E-state index in [1.165, 1.54) is 11.1 Å². The molecular formula is C24H24BrNO2. The molecule has 0 atom stereocenters.